The number of fused-ring (bicyclic) bond motifs is 1. The number of nitrogens with one attached hydrogen (secondary N) is 1. The maximum Gasteiger partial charge on any atom is 0.233 e. The van der Waals surface area contributed by atoms with Crippen LogP contribution in [0.15, 0.2) is 53.7 Å². The molecule has 0 spiro atoms. The molecule has 3 aromatic rings. The summed E-state index contributed by atoms with van der Waals surface area (Å²) in [6.07, 6.45) is 0.913. The molecule has 0 saturated heterocycles. The smallest absolute Gasteiger partial charge is 0.233 e. The van der Waals surface area contributed by atoms with Crippen LogP contribution in [0.5, 0.6) is 11.5 Å². The fourth-order valence-electron chi connectivity index (χ4n) is 3.92. The van der Waals surface area contributed by atoms with Gasteiger partial charge in [0, 0.05) is 6.54 Å². The molecule has 2 aromatic carbocycles. The second kappa shape index (κ2) is 10.9. The number of carbonyl (C=O) groups excluding carboxylic acids is 1. The molecule has 1 amide bonds. The van der Waals surface area contributed by atoms with E-state index < -0.39 is 0 Å². The summed E-state index contributed by atoms with van der Waals surface area (Å²) >= 11 is 1.43. The summed E-state index contributed by atoms with van der Waals surface area (Å²) in [6, 6.07) is 16.1. The third-order valence-corrected chi connectivity index (χ3v) is 6.87. The molecular formula is C25H31N5O3S. The number of benzene rings is 2. The molecule has 180 valence electrons. The lowest BCUT2D eigenvalue weighted by Gasteiger charge is -2.23. The Hall–Kier alpha value is -3.04. The van der Waals surface area contributed by atoms with Gasteiger partial charge in [0.1, 0.15) is 0 Å². The summed E-state index contributed by atoms with van der Waals surface area (Å²) in [7, 11) is 4.10. The summed E-state index contributed by atoms with van der Waals surface area (Å²) in [5, 5.41) is 12.4. The first kappa shape index (κ1) is 24.1. The van der Waals surface area contributed by atoms with Crippen LogP contribution in [0.25, 0.3) is 0 Å². The van der Waals surface area contributed by atoms with Crippen molar-refractivity contribution in [1.29, 1.82) is 0 Å². The Bertz CT molecular complexity index is 1120. The van der Waals surface area contributed by atoms with Crippen molar-refractivity contribution in [2.45, 2.75) is 49.8 Å². The number of thioether (sulfide) groups is 1. The second-order valence-electron chi connectivity index (χ2n) is 8.47. The highest BCUT2D eigenvalue weighted by Crippen LogP contribution is 2.32. The first-order valence-corrected chi connectivity index (χ1v) is 12.3. The molecule has 0 aliphatic carbocycles. The first-order valence-electron chi connectivity index (χ1n) is 11.4. The van der Waals surface area contributed by atoms with Gasteiger partial charge in [0.25, 0.3) is 0 Å². The second-order valence-corrected chi connectivity index (χ2v) is 9.77. The monoisotopic (exact) mass is 481 g/mol. The molecule has 9 heteroatoms. The fraction of sp³-hybridized carbons (Fsp3) is 0.400. The Morgan fingerprint density at radius 2 is 1.88 bits per heavy atom. The Morgan fingerprint density at radius 1 is 1.12 bits per heavy atom. The Balaban J connectivity index is 1.47. The highest BCUT2D eigenvalue weighted by molar-refractivity contribution is 8.00. The van der Waals surface area contributed by atoms with Crippen LogP contribution in [0.2, 0.25) is 0 Å². The largest absolute Gasteiger partial charge is 0.454 e. The molecule has 0 bridgehead atoms. The molecule has 2 heterocycles. The van der Waals surface area contributed by atoms with Crippen LogP contribution in [-0.4, -0.2) is 51.7 Å². The average Bonchev–Trinajstić information content (AvgIpc) is 3.45. The normalized spacial score (nSPS) is 14.3. The summed E-state index contributed by atoms with van der Waals surface area (Å²) in [5.74, 6) is 2.29. The van der Waals surface area contributed by atoms with Crippen LogP contribution >= 0.6 is 11.8 Å². The van der Waals surface area contributed by atoms with Crippen LogP contribution in [0.4, 0.5) is 0 Å². The summed E-state index contributed by atoms with van der Waals surface area (Å²) in [5.41, 5.74) is 2.13. The summed E-state index contributed by atoms with van der Waals surface area (Å²) < 4.78 is 12.9. The van der Waals surface area contributed by atoms with Gasteiger partial charge >= 0.3 is 0 Å². The van der Waals surface area contributed by atoms with Crippen molar-refractivity contribution in [3.8, 4) is 11.5 Å². The molecular weight excluding hydrogens is 450 g/mol. The minimum Gasteiger partial charge on any atom is -0.454 e. The topological polar surface area (TPSA) is 81.5 Å². The molecule has 1 aliphatic heterocycles. The fourth-order valence-corrected chi connectivity index (χ4v) is 4.80. The summed E-state index contributed by atoms with van der Waals surface area (Å²) in [4.78, 5) is 15.0. The maximum absolute atomic E-state index is 12.9. The zero-order valence-electron chi connectivity index (χ0n) is 20.0. The lowest BCUT2D eigenvalue weighted by atomic mass is 10.2. The predicted molar refractivity (Wildman–Crippen MR) is 132 cm³/mol. The van der Waals surface area contributed by atoms with Gasteiger partial charge < -0.3 is 19.4 Å². The molecule has 4 rings (SSSR count). The van der Waals surface area contributed by atoms with E-state index in [1.807, 2.05) is 43.3 Å². The Morgan fingerprint density at radius 3 is 2.62 bits per heavy atom. The quantitative estimate of drug-likeness (QED) is 0.440. The third-order valence-electron chi connectivity index (χ3n) is 5.79. The number of carbonyl (C=O) groups is 1. The lowest BCUT2D eigenvalue weighted by molar-refractivity contribution is -0.120. The molecule has 0 fully saturated rings. The van der Waals surface area contributed by atoms with Crippen molar-refractivity contribution in [3.05, 3.63) is 65.5 Å². The minimum absolute atomic E-state index is 0.0573. The number of amides is 1. The van der Waals surface area contributed by atoms with Gasteiger partial charge in [-0.15, -0.1) is 10.2 Å². The van der Waals surface area contributed by atoms with Gasteiger partial charge in [0.05, 0.1) is 17.8 Å². The highest BCUT2D eigenvalue weighted by atomic mass is 32.2. The molecule has 1 aliphatic rings. The molecule has 0 saturated carbocycles. The zero-order valence-corrected chi connectivity index (χ0v) is 20.8. The van der Waals surface area contributed by atoms with Crippen LogP contribution < -0.4 is 14.8 Å². The van der Waals surface area contributed by atoms with E-state index in [0.717, 1.165) is 28.7 Å². The number of rotatable bonds is 10. The Kier molecular flexibility index (Phi) is 7.74. The van der Waals surface area contributed by atoms with E-state index in [9.17, 15) is 4.79 Å². The van der Waals surface area contributed by atoms with E-state index in [-0.39, 0.29) is 24.0 Å². The van der Waals surface area contributed by atoms with Crippen LogP contribution in [0.1, 0.15) is 43.3 Å². The summed E-state index contributed by atoms with van der Waals surface area (Å²) in [6.45, 7) is 5.34. The lowest BCUT2D eigenvalue weighted by Crippen LogP contribution is -2.30. The first-order chi connectivity index (χ1) is 16.5. The van der Waals surface area contributed by atoms with Crippen molar-refractivity contribution in [3.63, 3.8) is 0 Å². The molecule has 0 unspecified atom stereocenters. The van der Waals surface area contributed by atoms with Crippen molar-refractivity contribution in [2.24, 2.45) is 0 Å². The van der Waals surface area contributed by atoms with E-state index in [4.69, 9.17) is 9.47 Å². The van der Waals surface area contributed by atoms with Crippen molar-refractivity contribution >= 4 is 17.7 Å². The van der Waals surface area contributed by atoms with Gasteiger partial charge in [-0.3, -0.25) is 9.69 Å². The minimum atomic E-state index is -0.333. The van der Waals surface area contributed by atoms with E-state index in [2.05, 4.69) is 58.1 Å². The van der Waals surface area contributed by atoms with Crippen molar-refractivity contribution in [1.82, 2.24) is 25.0 Å². The average molecular weight is 482 g/mol. The van der Waals surface area contributed by atoms with Crippen LogP contribution in [0, 0.1) is 0 Å². The molecule has 34 heavy (non-hydrogen) atoms. The van der Waals surface area contributed by atoms with Gasteiger partial charge in [-0.05, 0) is 50.7 Å². The highest BCUT2D eigenvalue weighted by Gasteiger charge is 2.25. The van der Waals surface area contributed by atoms with Crippen molar-refractivity contribution < 1.29 is 14.3 Å². The number of hydrogen-bond acceptors (Lipinski definition) is 7. The molecule has 2 atom stereocenters. The number of aromatic nitrogens is 3. The van der Waals surface area contributed by atoms with E-state index in [1.54, 1.807) is 0 Å². The van der Waals surface area contributed by atoms with Crippen molar-refractivity contribution in [2.75, 3.05) is 20.9 Å². The van der Waals surface area contributed by atoms with Gasteiger partial charge in [0.2, 0.25) is 12.7 Å². The van der Waals surface area contributed by atoms with Gasteiger partial charge in [-0.25, -0.2) is 0 Å². The van der Waals surface area contributed by atoms with E-state index >= 15 is 0 Å². The molecule has 1 aromatic heterocycles. The Labute approximate surface area is 204 Å². The third kappa shape index (κ3) is 5.53. The van der Waals surface area contributed by atoms with Crippen LogP contribution in [-0.2, 0) is 17.9 Å². The zero-order chi connectivity index (χ0) is 24.1. The standard InChI is InChI=1S/C25H31N5O3S/c1-5-20(29(3)4)23-27-28-25(30(23)15-18-9-7-6-8-10-18)34-17(2)24(31)26-14-19-11-12-21-22(13-19)33-16-32-21/h6-13,17,20H,5,14-16H2,1-4H3,(H,26,31)/t17-,20-/m1/s1. The van der Waals surface area contributed by atoms with Gasteiger partial charge in [-0.1, -0.05) is 55.1 Å². The van der Waals surface area contributed by atoms with Crippen LogP contribution in [0.3, 0.4) is 0 Å². The van der Waals surface area contributed by atoms with Gasteiger partial charge in [0.15, 0.2) is 22.5 Å². The van der Waals surface area contributed by atoms with E-state index in [0.29, 0.717) is 18.8 Å². The molecule has 1 N–H and O–H groups in total. The van der Waals surface area contributed by atoms with E-state index in [1.165, 1.54) is 17.3 Å². The number of ether oxygens (including phenoxy) is 2. The number of hydrogen-bond donors (Lipinski definition) is 1. The predicted octanol–water partition coefficient (Wildman–Crippen LogP) is 3.86. The SMILES string of the molecule is CC[C@H](c1nnc(S[C@H](C)C(=O)NCc2ccc3c(c2)OCO3)n1Cc1ccccc1)N(C)C. The molecule has 8 nitrogen and oxygen atoms in total. The maximum atomic E-state index is 12.9. The van der Waals surface area contributed by atoms with Gasteiger partial charge in [-0.2, -0.15) is 0 Å². The molecule has 0 radical (unpaired) electrons. The number of nitrogens with zero attached hydrogens (tertiary/aromatic N) is 4.